The van der Waals surface area contributed by atoms with Crippen LogP contribution >= 0.6 is 0 Å². The zero-order chi connectivity index (χ0) is 22.6. The van der Waals surface area contributed by atoms with Crippen molar-refractivity contribution < 1.29 is 19.4 Å². The summed E-state index contributed by atoms with van der Waals surface area (Å²) in [5, 5.41) is 21.8. The molecule has 1 aliphatic rings. The van der Waals surface area contributed by atoms with E-state index < -0.39 is 5.60 Å². The van der Waals surface area contributed by atoms with E-state index in [1.54, 1.807) is 24.1 Å². The Balaban J connectivity index is 1.93. The summed E-state index contributed by atoms with van der Waals surface area (Å²) in [6, 6.07) is 13.6. The molecule has 1 aliphatic heterocycles. The van der Waals surface area contributed by atoms with E-state index in [4.69, 9.17) is 14.7 Å². The molecule has 7 heteroatoms. The highest BCUT2D eigenvalue weighted by Gasteiger charge is 2.30. The number of aliphatic hydroxyl groups is 1. The third-order valence-corrected chi connectivity index (χ3v) is 5.10. The fourth-order valence-corrected chi connectivity index (χ4v) is 3.51. The van der Waals surface area contributed by atoms with Crippen LogP contribution in [0.2, 0.25) is 0 Å². The Morgan fingerprint density at radius 2 is 1.97 bits per heavy atom. The summed E-state index contributed by atoms with van der Waals surface area (Å²) in [6.45, 7) is 6.84. The van der Waals surface area contributed by atoms with E-state index in [1.807, 2.05) is 45.0 Å². The highest BCUT2D eigenvalue weighted by atomic mass is 16.6. The molecule has 1 heterocycles. The Kier molecular flexibility index (Phi) is 6.84. The molecular formula is C24H29N3O4. The first-order valence-electron chi connectivity index (χ1n) is 10.3. The molecule has 0 spiro atoms. The number of nitriles is 1. The molecule has 164 valence electrons. The number of ether oxygens (including phenoxy) is 2. The van der Waals surface area contributed by atoms with Gasteiger partial charge in [0.05, 0.1) is 30.9 Å². The van der Waals surface area contributed by atoms with Crippen LogP contribution in [-0.2, 0) is 22.6 Å². The zero-order valence-corrected chi connectivity index (χ0v) is 18.4. The highest BCUT2D eigenvalue weighted by molar-refractivity contribution is 5.77. The van der Waals surface area contributed by atoms with E-state index in [0.717, 1.165) is 27.9 Å². The van der Waals surface area contributed by atoms with Crippen molar-refractivity contribution in [1.29, 1.82) is 5.26 Å². The number of methoxy groups -OCH3 is 1. The molecular weight excluding hydrogens is 394 g/mol. The molecule has 31 heavy (non-hydrogen) atoms. The predicted molar refractivity (Wildman–Crippen MR) is 118 cm³/mol. The summed E-state index contributed by atoms with van der Waals surface area (Å²) in [7, 11) is 1.56. The van der Waals surface area contributed by atoms with Crippen molar-refractivity contribution in [2.24, 2.45) is 0 Å². The molecule has 0 bridgehead atoms. The second kappa shape index (κ2) is 9.38. The molecule has 2 aromatic rings. The second-order valence-electron chi connectivity index (χ2n) is 8.61. The minimum atomic E-state index is -0.562. The smallest absolute Gasteiger partial charge is 0.410 e. The molecule has 2 aromatic carbocycles. The summed E-state index contributed by atoms with van der Waals surface area (Å²) >= 11 is 0. The van der Waals surface area contributed by atoms with Crippen molar-refractivity contribution in [3.05, 3.63) is 53.1 Å². The van der Waals surface area contributed by atoms with Gasteiger partial charge in [-0.2, -0.15) is 5.26 Å². The van der Waals surface area contributed by atoms with Crippen molar-refractivity contribution in [2.45, 2.75) is 45.6 Å². The first-order valence-corrected chi connectivity index (χ1v) is 10.3. The molecule has 0 fully saturated rings. The lowest BCUT2D eigenvalue weighted by Gasteiger charge is -2.24. The number of nitrogens with zero attached hydrogens (tertiary/aromatic N) is 2. The van der Waals surface area contributed by atoms with Gasteiger partial charge < -0.3 is 19.9 Å². The summed E-state index contributed by atoms with van der Waals surface area (Å²) in [5.41, 5.74) is 4.97. The maximum absolute atomic E-state index is 12.6. The average molecular weight is 424 g/mol. The number of amides is 1. The summed E-state index contributed by atoms with van der Waals surface area (Å²) < 4.78 is 10.8. The maximum atomic E-state index is 12.6. The van der Waals surface area contributed by atoms with Gasteiger partial charge in [0.15, 0.2) is 0 Å². The van der Waals surface area contributed by atoms with Crippen molar-refractivity contribution in [3.8, 4) is 17.2 Å². The molecule has 3 rings (SSSR count). The fraction of sp³-hybridized carbons (Fsp3) is 0.417. The van der Waals surface area contributed by atoms with E-state index in [1.165, 1.54) is 0 Å². The SMILES string of the molecule is COC(CO)CNc1cc2c(c(-c3ccc(C#N)cc3)c1)CN(C(=O)OC(C)(C)C)C2. The van der Waals surface area contributed by atoms with Crippen LogP contribution in [0.15, 0.2) is 36.4 Å². The number of hydrogen-bond acceptors (Lipinski definition) is 6. The van der Waals surface area contributed by atoms with E-state index in [9.17, 15) is 9.90 Å². The number of hydrogen-bond donors (Lipinski definition) is 2. The first-order chi connectivity index (χ1) is 14.7. The van der Waals surface area contributed by atoms with Crippen LogP contribution in [0.3, 0.4) is 0 Å². The van der Waals surface area contributed by atoms with Crippen LogP contribution in [0.1, 0.15) is 37.5 Å². The predicted octanol–water partition coefficient (Wildman–Crippen LogP) is 3.90. The molecule has 0 radical (unpaired) electrons. The summed E-state index contributed by atoms with van der Waals surface area (Å²) in [4.78, 5) is 14.3. The van der Waals surface area contributed by atoms with Crippen LogP contribution in [0, 0.1) is 11.3 Å². The van der Waals surface area contributed by atoms with Gasteiger partial charge in [-0.05, 0) is 67.3 Å². The van der Waals surface area contributed by atoms with Crippen LogP contribution in [0.5, 0.6) is 0 Å². The van der Waals surface area contributed by atoms with Crippen molar-refractivity contribution in [2.75, 3.05) is 25.6 Å². The Bertz CT molecular complexity index is 970. The first kappa shape index (κ1) is 22.6. The molecule has 2 N–H and O–H groups in total. The second-order valence-corrected chi connectivity index (χ2v) is 8.61. The Morgan fingerprint density at radius 3 is 2.55 bits per heavy atom. The quantitative estimate of drug-likeness (QED) is 0.732. The normalized spacial score (nSPS) is 14.0. The van der Waals surface area contributed by atoms with Crippen molar-refractivity contribution in [1.82, 2.24) is 4.90 Å². The van der Waals surface area contributed by atoms with Gasteiger partial charge >= 0.3 is 6.09 Å². The van der Waals surface area contributed by atoms with Crippen molar-refractivity contribution in [3.63, 3.8) is 0 Å². The lowest BCUT2D eigenvalue weighted by atomic mass is 9.95. The third-order valence-electron chi connectivity index (χ3n) is 5.10. The molecule has 0 aromatic heterocycles. The molecule has 0 saturated carbocycles. The van der Waals surface area contributed by atoms with Gasteiger partial charge in [0, 0.05) is 25.9 Å². The molecule has 7 nitrogen and oxygen atoms in total. The Hall–Kier alpha value is -3.08. The number of fused-ring (bicyclic) bond motifs is 1. The molecule has 1 amide bonds. The van der Waals surface area contributed by atoms with E-state index >= 15 is 0 Å². The van der Waals surface area contributed by atoms with E-state index in [0.29, 0.717) is 25.2 Å². The number of nitrogens with one attached hydrogen (secondary N) is 1. The maximum Gasteiger partial charge on any atom is 0.410 e. The van der Waals surface area contributed by atoms with Crippen LogP contribution < -0.4 is 5.32 Å². The standard InChI is InChI=1S/C24H29N3O4/c1-24(2,3)31-23(29)27-13-18-9-19(26-12-20(15-28)30-4)10-21(22(18)14-27)17-7-5-16(11-25)6-8-17/h5-10,20,26,28H,12-15H2,1-4H3. The molecule has 1 atom stereocenters. The number of anilines is 1. The minimum Gasteiger partial charge on any atom is -0.444 e. The number of aliphatic hydroxyl groups excluding tert-OH is 1. The van der Waals surface area contributed by atoms with E-state index in [-0.39, 0.29) is 18.8 Å². The lowest BCUT2D eigenvalue weighted by Crippen LogP contribution is -2.33. The van der Waals surface area contributed by atoms with Crippen LogP contribution in [-0.4, -0.2) is 48.1 Å². The van der Waals surface area contributed by atoms with Gasteiger partial charge in [-0.25, -0.2) is 4.79 Å². The van der Waals surface area contributed by atoms with Gasteiger partial charge in [0.1, 0.15) is 5.60 Å². The van der Waals surface area contributed by atoms with Gasteiger partial charge in [-0.1, -0.05) is 12.1 Å². The van der Waals surface area contributed by atoms with Gasteiger partial charge in [-0.15, -0.1) is 0 Å². The molecule has 0 aliphatic carbocycles. The number of carbonyl (C=O) groups is 1. The molecule has 1 unspecified atom stereocenters. The van der Waals surface area contributed by atoms with Crippen LogP contribution in [0.4, 0.5) is 10.5 Å². The average Bonchev–Trinajstić information content (AvgIpc) is 3.17. The van der Waals surface area contributed by atoms with Gasteiger partial charge in [0.2, 0.25) is 0 Å². The van der Waals surface area contributed by atoms with Crippen molar-refractivity contribution >= 4 is 11.8 Å². The fourth-order valence-electron chi connectivity index (χ4n) is 3.51. The van der Waals surface area contributed by atoms with Gasteiger partial charge in [-0.3, -0.25) is 4.90 Å². The topological polar surface area (TPSA) is 94.8 Å². The molecule has 0 saturated heterocycles. The van der Waals surface area contributed by atoms with E-state index in [2.05, 4.69) is 11.4 Å². The zero-order valence-electron chi connectivity index (χ0n) is 18.4. The number of benzene rings is 2. The monoisotopic (exact) mass is 423 g/mol. The van der Waals surface area contributed by atoms with Crippen LogP contribution in [0.25, 0.3) is 11.1 Å². The Morgan fingerprint density at radius 1 is 1.26 bits per heavy atom. The number of rotatable bonds is 6. The Labute approximate surface area is 183 Å². The lowest BCUT2D eigenvalue weighted by molar-refractivity contribution is 0.0242. The third kappa shape index (κ3) is 5.54. The highest BCUT2D eigenvalue weighted by Crippen LogP contribution is 2.36. The van der Waals surface area contributed by atoms with Gasteiger partial charge in [0.25, 0.3) is 0 Å². The summed E-state index contributed by atoms with van der Waals surface area (Å²) in [5.74, 6) is 0. The minimum absolute atomic E-state index is 0.0800. The largest absolute Gasteiger partial charge is 0.444 e. The number of carbonyl (C=O) groups excluding carboxylic acids is 1. The summed E-state index contributed by atoms with van der Waals surface area (Å²) in [6.07, 6.45) is -0.659.